The quantitative estimate of drug-likeness (QED) is 0.720. The summed E-state index contributed by atoms with van der Waals surface area (Å²) in [5, 5.41) is 0.227. The number of hydrogen-bond acceptors (Lipinski definition) is 4. The van der Waals surface area contributed by atoms with Crippen molar-refractivity contribution < 1.29 is 0 Å². The topological polar surface area (TPSA) is 55.0 Å². The summed E-state index contributed by atoms with van der Waals surface area (Å²) < 4.78 is 0. The summed E-state index contributed by atoms with van der Waals surface area (Å²) in [6, 6.07) is 1.78. The molecule has 14 heavy (non-hydrogen) atoms. The highest BCUT2D eigenvalue weighted by Gasteiger charge is 2.13. The van der Waals surface area contributed by atoms with Crippen LogP contribution in [0.5, 0.6) is 0 Å². The molecule has 2 N–H and O–H groups in total. The van der Waals surface area contributed by atoms with Crippen LogP contribution in [0.3, 0.4) is 0 Å². The van der Waals surface area contributed by atoms with Crippen molar-refractivity contribution in [3.63, 3.8) is 0 Å². The molecule has 4 nitrogen and oxygen atoms in total. The third-order valence-corrected chi connectivity index (χ3v) is 2.55. The predicted molar refractivity (Wildman–Crippen MR) is 57.5 cm³/mol. The van der Waals surface area contributed by atoms with E-state index < -0.39 is 0 Å². The van der Waals surface area contributed by atoms with E-state index in [9.17, 15) is 0 Å². The van der Waals surface area contributed by atoms with Crippen molar-refractivity contribution in [3.8, 4) is 0 Å². The van der Waals surface area contributed by atoms with Gasteiger partial charge in [0.25, 0.3) is 0 Å². The van der Waals surface area contributed by atoms with Gasteiger partial charge in [-0.1, -0.05) is 0 Å². The first kappa shape index (κ1) is 9.52. The summed E-state index contributed by atoms with van der Waals surface area (Å²) in [6.07, 6.45) is 3.72. The first-order chi connectivity index (χ1) is 6.75. The molecule has 0 amide bonds. The lowest BCUT2D eigenvalue weighted by molar-refractivity contribution is 0.573. The van der Waals surface area contributed by atoms with Gasteiger partial charge in [0.1, 0.15) is 11.6 Å². The lowest BCUT2D eigenvalue weighted by Crippen LogP contribution is -2.30. The van der Waals surface area contributed by atoms with Crippen LogP contribution in [0.25, 0.3) is 0 Å². The van der Waals surface area contributed by atoms with Gasteiger partial charge >= 0.3 is 0 Å². The fourth-order valence-corrected chi connectivity index (χ4v) is 1.89. The second-order valence-corrected chi connectivity index (χ2v) is 3.81. The highest BCUT2D eigenvalue weighted by atomic mass is 35.5. The van der Waals surface area contributed by atoms with Crippen LogP contribution in [0.15, 0.2) is 6.07 Å². The molecule has 5 heteroatoms. The summed E-state index contributed by atoms with van der Waals surface area (Å²) in [5.41, 5.74) is 5.60. The number of hydrogen-bond donors (Lipinski definition) is 1. The molecule has 1 aliphatic heterocycles. The molecule has 1 fully saturated rings. The zero-order chi connectivity index (χ0) is 9.97. The van der Waals surface area contributed by atoms with E-state index in [1.807, 2.05) is 0 Å². The van der Waals surface area contributed by atoms with E-state index in [-0.39, 0.29) is 5.28 Å². The van der Waals surface area contributed by atoms with E-state index in [0.29, 0.717) is 5.82 Å². The number of aromatic nitrogens is 2. The normalized spacial score (nSPS) is 17.1. The van der Waals surface area contributed by atoms with Crippen molar-refractivity contribution in [2.75, 3.05) is 23.7 Å². The number of piperidine rings is 1. The van der Waals surface area contributed by atoms with Gasteiger partial charge in [0, 0.05) is 19.2 Å². The van der Waals surface area contributed by atoms with Crippen LogP contribution in [0, 0.1) is 0 Å². The van der Waals surface area contributed by atoms with Crippen molar-refractivity contribution in [3.05, 3.63) is 11.3 Å². The number of rotatable bonds is 1. The minimum absolute atomic E-state index is 0.227. The van der Waals surface area contributed by atoms with Gasteiger partial charge < -0.3 is 10.6 Å². The average Bonchev–Trinajstić information content (AvgIpc) is 2.18. The zero-order valence-corrected chi connectivity index (χ0v) is 8.67. The molecule has 0 bridgehead atoms. The highest BCUT2D eigenvalue weighted by molar-refractivity contribution is 6.28. The lowest BCUT2D eigenvalue weighted by Gasteiger charge is -2.27. The molecule has 2 rings (SSSR count). The monoisotopic (exact) mass is 212 g/mol. The summed E-state index contributed by atoms with van der Waals surface area (Å²) >= 11 is 5.74. The Hall–Kier alpha value is -1.03. The fraction of sp³-hybridized carbons (Fsp3) is 0.556. The van der Waals surface area contributed by atoms with Crippen LogP contribution < -0.4 is 10.6 Å². The fourth-order valence-electron chi connectivity index (χ4n) is 1.71. The third kappa shape index (κ3) is 2.07. The number of nitrogens with zero attached hydrogens (tertiary/aromatic N) is 3. The van der Waals surface area contributed by atoms with Crippen LogP contribution in [-0.2, 0) is 0 Å². The van der Waals surface area contributed by atoms with Gasteiger partial charge in [0.15, 0.2) is 0 Å². The molecular formula is C9H13ClN4. The molecule has 1 aromatic rings. The standard InChI is InChI=1S/C9H13ClN4/c10-9-12-7(11)6-8(13-9)14-4-2-1-3-5-14/h6H,1-5H2,(H2,11,12,13). The molecular weight excluding hydrogens is 200 g/mol. The van der Waals surface area contributed by atoms with Crippen molar-refractivity contribution in [2.24, 2.45) is 0 Å². The summed E-state index contributed by atoms with van der Waals surface area (Å²) in [5.74, 6) is 1.28. The highest BCUT2D eigenvalue weighted by Crippen LogP contribution is 2.20. The second-order valence-electron chi connectivity index (χ2n) is 3.47. The number of nitrogens with two attached hydrogens (primary N) is 1. The Labute approximate surface area is 88.1 Å². The van der Waals surface area contributed by atoms with Crippen LogP contribution in [0.4, 0.5) is 11.6 Å². The van der Waals surface area contributed by atoms with Gasteiger partial charge in [0.2, 0.25) is 5.28 Å². The smallest absolute Gasteiger partial charge is 0.226 e. The molecule has 1 aromatic heterocycles. The van der Waals surface area contributed by atoms with Gasteiger partial charge in [-0.25, -0.2) is 9.97 Å². The molecule has 0 radical (unpaired) electrons. The molecule has 2 heterocycles. The molecule has 0 unspecified atom stereocenters. The maximum atomic E-state index is 5.74. The molecule has 0 spiro atoms. The van der Waals surface area contributed by atoms with Crippen LogP contribution >= 0.6 is 11.6 Å². The first-order valence-corrected chi connectivity index (χ1v) is 5.18. The number of halogens is 1. The maximum Gasteiger partial charge on any atom is 0.226 e. The molecule has 1 saturated heterocycles. The number of anilines is 2. The van der Waals surface area contributed by atoms with Crippen molar-refractivity contribution >= 4 is 23.2 Å². The maximum absolute atomic E-state index is 5.74. The second kappa shape index (κ2) is 4.00. The Morgan fingerprint density at radius 1 is 1.21 bits per heavy atom. The van der Waals surface area contributed by atoms with Crippen LogP contribution in [0.1, 0.15) is 19.3 Å². The summed E-state index contributed by atoms with van der Waals surface area (Å²) in [6.45, 7) is 2.07. The largest absolute Gasteiger partial charge is 0.383 e. The Morgan fingerprint density at radius 2 is 1.93 bits per heavy atom. The Kier molecular flexibility index (Phi) is 2.72. The molecule has 0 saturated carbocycles. The van der Waals surface area contributed by atoms with Gasteiger partial charge in [-0.3, -0.25) is 0 Å². The zero-order valence-electron chi connectivity index (χ0n) is 7.91. The van der Waals surface area contributed by atoms with Crippen LogP contribution in [0.2, 0.25) is 5.28 Å². The summed E-state index contributed by atoms with van der Waals surface area (Å²) in [4.78, 5) is 10.2. The van der Waals surface area contributed by atoms with Gasteiger partial charge in [-0.05, 0) is 30.9 Å². The van der Waals surface area contributed by atoms with E-state index in [0.717, 1.165) is 18.9 Å². The van der Waals surface area contributed by atoms with E-state index in [1.165, 1.54) is 19.3 Å². The minimum Gasteiger partial charge on any atom is -0.383 e. The molecule has 0 aliphatic carbocycles. The van der Waals surface area contributed by atoms with E-state index in [2.05, 4.69) is 14.9 Å². The van der Waals surface area contributed by atoms with E-state index in [1.54, 1.807) is 6.07 Å². The average molecular weight is 213 g/mol. The Bertz CT molecular complexity index is 302. The Morgan fingerprint density at radius 3 is 2.57 bits per heavy atom. The Balaban J connectivity index is 2.21. The van der Waals surface area contributed by atoms with Crippen molar-refractivity contribution in [1.29, 1.82) is 0 Å². The molecule has 1 aliphatic rings. The minimum atomic E-state index is 0.227. The van der Waals surface area contributed by atoms with Gasteiger partial charge in [-0.15, -0.1) is 0 Å². The first-order valence-electron chi connectivity index (χ1n) is 4.81. The van der Waals surface area contributed by atoms with E-state index >= 15 is 0 Å². The molecule has 0 atom stereocenters. The molecule has 0 aromatic carbocycles. The SMILES string of the molecule is Nc1cc(N2CCCCC2)nc(Cl)n1. The third-order valence-electron chi connectivity index (χ3n) is 2.39. The van der Waals surface area contributed by atoms with Gasteiger partial charge in [0.05, 0.1) is 0 Å². The van der Waals surface area contributed by atoms with E-state index in [4.69, 9.17) is 17.3 Å². The van der Waals surface area contributed by atoms with Gasteiger partial charge in [-0.2, -0.15) is 0 Å². The predicted octanol–water partition coefficient (Wildman–Crippen LogP) is 1.70. The lowest BCUT2D eigenvalue weighted by atomic mass is 10.1. The van der Waals surface area contributed by atoms with Crippen molar-refractivity contribution in [2.45, 2.75) is 19.3 Å². The van der Waals surface area contributed by atoms with Crippen molar-refractivity contribution in [1.82, 2.24) is 9.97 Å². The summed E-state index contributed by atoms with van der Waals surface area (Å²) in [7, 11) is 0. The molecule has 76 valence electrons. The number of nitrogen functional groups attached to an aromatic ring is 1. The van der Waals surface area contributed by atoms with Crippen LogP contribution in [-0.4, -0.2) is 23.1 Å².